The van der Waals surface area contributed by atoms with Crippen LogP contribution < -0.4 is 14.9 Å². The Labute approximate surface area is 199 Å². The average molecular weight is 466 g/mol. The maximum absolute atomic E-state index is 13.5. The number of unbranched alkanes of at least 4 members (excludes halogenated alkanes) is 1. The van der Waals surface area contributed by atoms with Crippen molar-refractivity contribution in [3.63, 3.8) is 0 Å². The minimum atomic E-state index is -0.580. The first kappa shape index (κ1) is 23.8. The van der Waals surface area contributed by atoms with Crippen molar-refractivity contribution in [2.24, 2.45) is 0 Å². The van der Waals surface area contributed by atoms with Crippen LogP contribution in [0.1, 0.15) is 60.8 Å². The molecule has 0 saturated heterocycles. The molecular formula is C27H31NO6. The van der Waals surface area contributed by atoms with E-state index in [0.717, 1.165) is 18.4 Å². The third kappa shape index (κ3) is 4.53. The summed E-state index contributed by atoms with van der Waals surface area (Å²) in [6.07, 6.45) is 2.62. The Morgan fingerprint density at radius 1 is 1.00 bits per heavy atom. The lowest BCUT2D eigenvalue weighted by Crippen LogP contribution is -2.31. The number of fused-ring (bicyclic) bond motifs is 2. The third-order valence-corrected chi connectivity index (χ3v) is 6.02. The zero-order valence-electron chi connectivity index (χ0n) is 20.0. The summed E-state index contributed by atoms with van der Waals surface area (Å²) in [5.74, 6) is 1.01. The van der Waals surface area contributed by atoms with E-state index in [2.05, 4.69) is 6.92 Å². The van der Waals surface area contributed by atoms with Gasteiger partial charge in [-0.3, -0.25) is 9.59 Å². The van der Waals surface area contributed by atoms with E-state index in [4.69, 9.17) is 18.6 Å². The summed E-state index contributed by atoms with van der Waals surface area (Å²) in [6.45, 7) is 6.20. The monoisotopic (exact) mass is 465 g/mol. The van der Waals surface area contributed by atoms with Gasteiger partial charge in [-0.25, -0.2) is 0 Å². The Morgan fingerprint density at radius 3 is 2.59 bits per heavy atom. The van der Waals surface area contributed by atoms with Gasteiger partial charge < -0.3 is 23.5 Å². The van der Waals surface area contributed by atoms with Crippen LogP contribution in [0.5, 0.6) is 11.5 Å². The molecular weight excluding hydrogens is 434 g/mol. The van der Waals surface area contributed by atoms with Gasteiger partial charge in [0.15, 0.2) is 16.9 Å². The van der Waals surface area contributed by atoms with Gasteiger partial charge >= 0.3 is 0 Å². The van der Waals surface area contributed by atoms with Crippen LogP contribution in [-0.4, -0.2) is 44.3 Å². The van der Waals surface area contributed by atoms with Gasteiger partial charge in [-0.1, -0.05) is 31.5 Å². The van der Waals surface area contributed by atoms with Crippen LogP contribution in [0.2, 0.25) is 0 Å². The minimum absolute atomic E-state index is 0.104. The fourth-order valence-electron chi connectivity index (χ4n) is 4.33. The smallest absolute Gasteiger partial charge is 0.290 e. The summed E-state index contributed by atoms with van der Waals surface area (Å²) >= 11 is 0. The van der Waals surface area contributed by atoms with Gasteiger partial charge in [-0.05, 0) is 49.6 Å². The van der Waals surface area contributed by atoms with Crippen LogP contribution in [0.4, 0.5) is 0 Å². The first-order chi connectivity index (χ1) is 16.6. The number of nitrogens with zero attached hydrogens (tertiary/aromatic N) is 1. The van der Waals surface area contributed by atoms with Gasteiger partial charge in [0.1, 0.15) is 5.58 Å². The van der Waals surface area contributed by atoms with Gasteiger partial charge in [0.05, 0.1) is 30.7 Å². The molecule has 34 heavy (non-hydrogen) atoms. The van der Waals surface area contributed by atoms with Crippen molar-refractivity contribution in [2.75, 3.05) is 33.5 Å². The molecule has 1 aliphatic rings. The van der Waals surface area contributed by atoms with E-state index >= 15 is 0 Å². The molecule has 1 aliphatic heterocycles. The average Bonchev–Trinajstić information content (AvgIpc) is 3.14. The zero-order chi connectivity index (χ0) is 24.1. The summed E-state index contributed by atoms with van der Waals surface area (Å²) in [6, 6.07) is 12.0. The van der Waals surface area contributed by atoms with Crippen molar-refractivity contribution >= 4 is 16.9 Å². The molecule has 0 bridgehead atoms. The molecule has 2 heterocycles. The van der Waals surface area contributed by atoms with Crippen molar-refractivity contribution in [1.29, 1.82) is 0 Å². The number of carbonyl (C=O) groups excluding carboxylic acids is 1. The lowest BCUT2D eigenvalue weighted by atomic mass is 9.98. The second kappa shape index (κ2) is 10.7. The topological polar surface area (TPSA) is 78.2 Å². The van der Waals surface area contributed by atoms with E-state index in [9.17, 15) is 9.59 Å². The molecule has 7 heteroatoms. The number of hydrogen-bond acceptors (Lipinski definition) is 6. The molecule has 0 saturated carbocycles. The number of carbonyl (C=O) groups is 1. The number of hydrogen-bond donors (Lipinski definition) is 0. The van der Waals surface area contributed by atoms with Crippen LogP contribution in [0.3, 0.4) is 0 Å². The second-order valence-electron chi connectivity index (χ2n) is 8.23. The highest BCUT2D eigenvalue weighted by atomic mass is 16.5. The van der Waals surface area contributed by atoms with E-state index in [0.29, 0.717) is 60.8 Å². The Bertz CT molecular complexity index is 1220. The van der Waals surface area contributed by atoms with Crippen molar-refractivity contribution in [2.45, 2.75) is 39.2 Å². The maximum Gasteiger partial charge on any atom is 0.290 e. The largest absolute Gasteiger partial charge is 0.493 e. The number of amides is 1. The lowest BCUT2D eigenvalue weighted by molar-refractivity contribution is 0.0695. The predicted octanol–water partition coefficient (Wildman–Crippen LogP) is 4.95. The van der Waals surface area contributed by atoms with Crippen molar-refractivity contribution in [3.05, 3.63) is 69.6 Å². The highest BCUT2D eigenvalue weighted by Crippen LogP contribution is 2.41. The Balaban J connectivity index is 1.79. The normalized spacial score (nSPS) is 15.1. The first-order valence-electron chi connectivity index (χ1n) is 11.9. The summed E-state index contributed by atoms with van der Waals surface area (Å²) in [5.41, 5.74) is 1.35. The van der Waals surface area contributed by atoms with E-state index in [1.807, 2.05) is 25.1 Å². The zero-order valence-corrected chi connectivity index (χ0v) is 20.0. The fraction of sp³-hybridized carbons (Fsp3) is 0.407. The molecule has 1 amide bonds. The molecule has 1 unspecified atom stereocenters. The van der Waals surface area contributed by atoms with Crippen LogP contribution in [0, 0.1) is 0 Å². The quantitative estimate of drug-likeness (QED) is 0.373. The summed E-state index contributed by atoms with van der Waals surface area (Å²) in [4.78, 5) is 28.7. The van der Waals surface area contributed by atoms with Crippen LogP contribution >= 0.6 is 0 Å². The summed E-state index contributed by atoms with van der Waals surface area (Å²) < 4.78 is 22.9. The summed E-state index contributed by atoms with van der Waals surface area (Å²) in [7, 11) is 1.58. The summed E-state index contributed by atoms with van der Waals surface area (Å²) in [5, 5.41) is 0.460. The van der Waals surface area contributed by atoms with Crippen LogP contribution in [0.25, 0.3) is 11.0 Å². The van der Waals surface area contributed by atoms with Crippen molar-refractivity contribution in [1.82, 2.24) is 4.90 Å². The minimum Gasteiger partial charge on any atom is -0.493 e. The Morgan fingerprint density at radius 2 is 1.82 bits per heavy atom. The van der Waals surface area contributed by atoms with Gasteiger partial charge in [-0.15, -0.1) is 0 Å². The van der Waals surface area contributed by atoms with Crippen LogP contribution in [0.15, 0.2) is 51.7 Å². The number of ether oxygens (including phenoxy) is 3. The van der Waals surface area contributed by atoms with Gasteiger partial charge in [0.2, 0.25) is 5.76 Å². The molecule has 1 aromatic heterocycles. The van der Waals surface area contributed by atoms with Gasteiger partial charge in [-0.2, -0.15) is 0 Å². The molecule has 7 nitrogen and oxygen atoms in total. The number of rotatable bonds is 11. The van der Waals surface area contributed by atoms with Crippen LogP contribution in [-0.2, 0) is 4.74 Å². The lowest BCUT2D eigenvalue weighted by Gasteiger charge is -2.25. The molecule has 4 rings (SSSR count). The Hall–Kier alpha value is -3.32. The van der Waals surface area contributed by atoms with Crippen molar-refractivity contribution in [3.8, 4) is 11.5 Å². The number of methoxy groups -OCH3 is 1. The molecule has 2 aromatic carbocycles. The molecule has 1 atom stereocenters. The molecule has 0 N–H and O–H groups in total. The number of benzene rings is 2. The van der Waals surface area contributed by atoms with E-state index in [-0.39, 0.29) is 17.1 Å². The van der Waals surface area contributed by atoms with E-state index in [1.54, 1.807) is 36.3 Å². The molecule has 0 aliphatic carbocycles. The van der Waals surface area contributed by atoms with E-state index < -0.39 is 6.04 Å². The molecule has 0 radical (unpaired) electrons. The first-order valence-corrected chi connectivity index (χ1v) is 11.9. The highest BCUT2D eigenvalue weighted by molar-refractivity contribution is 5.99. The Kier molecular flexibility index (Phi) is 7.53. The fourth-order valence-corrected chi connectivity index (χ4v) is 4.33. The second-order valence-corrected chi connectivity index (χ2v) is 8.23. The predicted molar refractivity (Wildman–Crippen MR) is 130 cm³/mol. The number of para-hydroxylation sites is 1. The third-order valence-electron chi connectivity index (χ3n) is 6.02. The van der Waals surface area contributed by atoms with E-state index in [1.165, 1.54) is 0 Å². The molecule has 0 fully saturated rings. The van der Waals surface area contributed by atoms with Gasteiger partial charge in [0.25, 0.3) is 5.91 Å². The molecule has 3 aromatic rings. The van der Waals surface area contributed by atoms with Crippen molar-refractivity contribution < 1.29 is 23.4 Å². The standard InChI is InChI=1S/C27H31NO6/c1-4-6-16-33-21-13-12-18(17-22(21)31-3)24-23-25(29)19-10-7-8-11-20(19)34-26(23)27(30)28(24)14-9-15-32-5-2/h7-8,10-13,17,24H,4-6,9,14-16H2,1-3H3. The maximum atomic E-state index is 13.5. The van der Waals surface area contributed by atoms with Gasteiger partial charge in [0, 0.05) is 19.8 Å². The molecule has 0 spiro atoms. The SMILES string of the molecule is CCCCOc1ccc(C2c3c(oc4ccccc4c3=O)C(=O)N2CCCOCC)cc1OC. The molecule has 180 valence electrons. The highest BCUT2D eigenvalue weighted by Gasteiger charge is 2.42.